The molecule has 4 amide bonds. The smallest absolute Gasteiger partial charge is 0.325 e. The minimum absolute atomic E-state index is 0.0946. The summed E-state index contributed by atoms with van der Waals surface area (Å²) in [5.74, 6) is -1.26. The Balaban J connectivity index is 1.66. The van der Waals surface area contributed by atoms with Crippen LogP contribution in [-0.2, 0) is 15.1 Å². The van der Waals surface area contributed by atoms with Crippen molar-refractivity contribution in [1.82, 2.24) is 15.5 Å². The highest BCUT2D eigenvalue weighted by molar-refractivity contribution is 6.09. The van der Waals surface area contributed by atoms with Crippen LogP contribution in [0.5, 0.6) is 0 Å². The van der Waals surface area contributed by atoms with Gasteiger partial charge in [0.25, 0.3) is 5.91 Å². The number of hydrogen-bond donors (Lipinski definition) is 2. The highest BCUT2D eigenvalue weighted by Crippen LogP contribution is 2.32. The molecule has 0 saturated carbocycles. The molecule has 0 radical (unpaired) electrons. The summed E-state index contributed by atoms with van der Waals surface area (Å²) < 4.78 is 13.3. The molecular formula is C22H24FN3O3. The number of nitrogens with one attached hydrogen (secondary N) is 2. The maximum Gasteiger partial charge on any atom is 0.325 e. The Hall–Kier alpha value is -3.22. The first-order valence-corrected chi connectivity index (χ1v) is 9.59. The molecule has 1 fully saturated rings. The second-order valence-electron chi connectivity index (χ2n) is 7.20. The third-order valence-corrected chi connectivity index (χ3v) is 5.32. The SMILES string of the molecule is CC[C@]1(c2ccc(F)cc2)NC(=O)N(CC(=O)NC[C@@H](C)c2ccccc2)C1=O. The third kappa shape index (κ3) is 4.13. The largest absolute Gasteiger partial charge is 0.354 e. The molecule has 2 atom stereocenters. The number of nitrogens with zero attached hydrogens (tertiary/aromatic N) is 1. The molecule has 0 unspecified atom stereocenters. The van der Waals surface area contributed by atoms with Gasteiger partial charge in [0, 0.05) is 6.54 Å². The molecule has 6 nitrogen and oxygen atoms in total. The predicted octanol–water partition coefficient (Wildman–Crippen LogP) is 2.90. The molecule has 29 heavy (non-hydrogen) atoms. The van der Waals surface area contributed by atoms with Gasteiger partial charge in [-0.25, -0.2) is 9.18 Å². The molecule has 2 aromatic carbocycles. The lowest BCUT2D eigenvalue weighted by Gasteiger charge is -2.25. The summed E-state index contributed by atoms with van der Waals surface area (Å²) in [6.07, 6.45) is 0.284. The maximum absolute atomic E-state index is 13.3. The Morgan fingerprint density at radius 1 is 1.14 bits per heavy atom. The van der Waals surface area contributed by atoms with Gasteiger partial charge in [-0.05, 0) is 35.6 Å². The molecule has 1 aliphatic rings. The summed E-state index contributed by atoms with van der Waals surface area (Å²) >= 11 is 0. The molecule has 0 aliphatic carbocycles. The lowest BCUT2D eigenvalue weighted by atomic mass is 9.87. The van der Waals surface area contributed by atoms with Crippen molar-refractivity contribution in [2.24, 2.45) is 0 Å². The van der Waals surface area contributed by atoms with Crippen LogP contribution in [0.25, 0.3) is 0 Å². The predicted molar refractivity (Wildman–Crippen MR) is 106 cm³/mol. The number of halogens is 1. The van der Waals surface area contributed by atoms with Crippen molar-refractivity contribution in [3.05, 3.63) is 71.5 Å². The molecule has 0 aromatic heterocycles. The van der Waals surface area contributed by atoms with E-state index in [1.54, 1.807) is 6.92 Å². The van der Waals surface area contributed by atoms with Crippen LogP contribution < -0.4 is 10.6 Å². The first-order chi connectivity index (χ1) is 13.9. The third-order valence-electron chi connectivity index (χ3n) is 5.32. The van der Waals surface area contributed by atoms with E-state index < -0.39 is 29.2 Å². The summed E-state index contributed by atoms with van der Waals surface area (Å²) in [5, 5.41) is 5.46. The van der Waals surface area contributed by atoms with Crippen molar-refractivity contribution < 1.29 is 18.8 Å². The summed E-state index contributed by atoms with van der Waals surface area (Å²) in [6, 6.07) is 14.5. The first-order valence-electron chi connectivity index (χ1n) is 9.59. The van der Waals surface area contributed by atoms with Crippen molar-refractivity contribution in [3.8, 4) is 0 Å². The first kappa shape index (κ1) is 20.5. The lowest BCUT2D eigenvalue weighted by molar-refractivity contribution is -0.135. The van der Waals surface area contributed by atoms with Crippen LogP contribution in [0.2, 0.25) is 0 Å². The maximum atomic E-state index is 13.3. The number of benzene rings is 2. The molecule has 0 spiro atoms. The minimum Gasteiger partial charge on any atom is -0.354 e. The van der Waals surface area contributed by atoms with Crippen molar-refractivity contribution in [1.29, 1.82) is 0 Å². The van der Waals surface area contributed by atoms with Crippen molar-refractivity contribution >= 4 is 17.8 Å². The van der Waals surface area contributed by atoms with E-state index in [0.717, 1.165) is 10.5 Å². The van der Waals surface area contributed by atoms with Gasteiger partial charge in [-0.15, -0.1) is 0 Å². The zero-order chi connectivity index (χ0) is 21.0. The highest BCUT2D eigenvalue weighted by atomic mass is 19.1. The van der Waals surface area contributed by atoms with Gasteiger partial charge >= 0.3 is 6.03 Å². The van der Waals surface area contributed by atoms with Gasteiger partial charge in [0.15, 0.2) is 0 Å². The van der Waals surface area contributed by atoms with Crippen LogP contribution in [0.15, 0.2) is 54.6 Å². The zero-order valence-electron chi connectivity index (χ0n) is 16.4. The van der Waals surface area contributed by atoms with Crippen molar-refractivity contribution in [2.45, 2.75) is 31.7 Å². The molecule has 0 bridgehead atoms. The quantitative estimate of drug-likeness (QED) is 0.705. The van der Waals surface area contributed by atoms with E-state index in [0.29, 0.717) is 12.1 Å². The van der Waals surface area contributed by atoms with Crippen LogP contribution in [0.3, 0.4) is 0 Å². The number of imide groups is 1. The summed E-state index contributed by atoms with van der Waals surface area (Å²) in [4.78, 5) is 38.7. The van der Waals surface area contributed by atoms with Crippen LogP contribution in [0.4, 0.5) is 9.18 Å². The van der Waals surface area contributed by atoms with Crippen LogP contribution in [0.1, 0.15) is 37.3 Å². The monoisotopic (exact) mass is 397 g/mol. The molecule has 3 rings (SSSR count). The van der Waals surface area contributed by atoms with Crippen LogP contribution >= 0.6 is 0 Å². The minimum atomic E-state index is -1.29. The van der Waals surface area contributed by atoms with Gasteiger partial charge in [0.1, 0.15) is 17.9 Å². The van der Waals surface area contributed by atoms with Crippen LogP contribution in [0, 0.1) is 5.82 Å². The Kier molecular flexibility index (Phi) is 5.96. The normalized spacial score (nSPS) is 19.8. The van der Waals surface area contributed by atoms with Crippen molar-refractivity contribution in [3.63, 3.8) is 0 Å². The zero-order valence-corrected chi connectivity index (χ0v) is 16.4. The second-order valence-corrected chi connectivity index (χ2v) is 7.20. The standard InChI is InChI=1S/C22H24FN3O3/c1-3-22(17-9-11-18(23)12-10-17)20(28)26(21(29)25-22)14-19(27)24-13-15(2)16-7-5-4-6-8-16/h4-12,15H,3,13-14H2,1-2H3,(H,24,27)(H,25,29)/t15-,22-/m1/s1. The van der Waals surface area contributed by atoms with Gasteiger partial charge in [-0.3, -0.25) is 14.5 Å². The fourth-order valence-electron chi connectivity index (χ4n) is 3.51. The number of carbonyl (C=O) groups excluding carboxylic acids is 3. The van der Waals surface area contributed by atoms with Gasteiger partial charge in [0.05, 0.1) is 0 Å². The average molecular weight is 397 g/mol. The van der Waals surface area contributed by atoms with E-state index in [2.05, 4.69) is 10.6 Å². The van der Waals surface area contributed by atoms with Gasteiger partial charge in [-0.1, -0.05) is 56.3 Å². The number of carbonyl (C=O) groups is 3. The summed E-state index contributed by atoms with van der Waals surface area (Å²) in [5.41, 5.74) is 0.284. The fraction of sp³-hybridized carbons (Fsp3) is 0.318. The number of urea groups is 1. The Morgan fingerprint density at radius 2 is 1.79 bits per heavy atom. The van der Waals surface area contributed by atoms with Gasteiger partial charge in [0.2, 0.25) is 5.91 Å². The van der Waals surface area contributed by atoms with Gasteiger partial charge in [-0.2, -0.15) is 0 Å². The summed E-state index contributed by atoms with van der Waals surface area (Å²) in [6.45, 7) is 3.77. The molecule has 1 aliphatic heterocycles. The molecule has 2 N–H and O–H groups in total. The Labute approximate surface area is 169 Å². The fourth-order valence-corrected chi connectivity index (χ4v) is 3.51. The summed E-state index contributed by atoms with van der Waals surface area (Å²) in [7, 11) is 0. The molecule has 7 heteroatoms. The molecular weight excluding hydrogens is 373 g/mol. The van der Waals surface area contributed by atoms with Crippen LogP contribution in [-0.4, -0.2) is 35.8 Å². The van der Waals surface area contributed by atoms with Gasteiger partial charge < -0.3 is 10.6 Å². The Bertz CT molecular complexity index is 901. The van der Waals surface area contributed by atoms with E-state index in [1.807, 2.05) is 37.3 Å². The number of rotatable bonds is 7. The topological polar surface area (TPSA) is 78.5 Å². The van der Waals surface area contributed by atoms with E-state index >= 15 is 0 Å². The second kappa shape index (κ2) is 8.43. The lowest BCUT2D eigenvalue weighted by Crippen LogP contribution is -2.45. The van der Waals surface area contributed by atoms with Crippen molar-refractivity contribution in [2.75, 3.05) is 13.1 Å². The molecule has 2 aromatic rings. The average Bonchev–Trinajstić information content (AvgIpc) is 2.98. The molecule has 1 heterocycles. The molecule has 152 valence electrons. The van der Waals surface area contributed by atoms with E-state index in [1.165, 1.54) is 24.3 Å². The van der Waals surface area contributed by atoms with E-state index in [-0.39, 0.29) is 18.9 Å². The molecule has 1 saturated heterocycles. The highest BCUT2D eigenvalue weighted by Gasteiger charge is 2.51. The van der Waals surface area contributed by atoms with E-state index in [4.69, 9.17) is 0 Å². The van der Waals surface area contributed by atoms with E-state index in [9.17, 15) is 18.8 Å². The number of amides is 4. The number of hydrogen-bond acceptors (Lipinski definition) is 3. The Morgan fingerprint density at radius 3 is 2.41 bits per heavy atom.